The number of aromatic carboxylic acids is 1. The molecule has 1 aromatic heterocycles. The number of nitrogens with zero attached hydrogens (tertiary/aromatic N) is 1. The molecule has 1 N–H and O–H groups in total. The van der Waals surface area contributed by atoms with Crippen molar-refractivity contribution in [3.8, 4) is 0 Å². The first kappa shape index (κ1) is 11.7. The van der Waals surface area contributed by atoms with Crippen molar-refractivity contribution in [1.82, 2.24) is 0 Å². The summed E-state index contributed by atoms with van der Waals surface area (Å²) in [6, 6.07) is 1.50. The number of hydrogen-bond acceptors (Lipinski definition) is 3. The van der Waals surface area contributed by atoms with Gasteiger partial charge < -0.3 is 10.3 Å². The maximum atomic E-state index is 11.6. The van der Waals surface area contributed by atoms with Crippen molar-refractivity contribution in [2.24, 2.45) is 0 Å². The van der Waals surface area contributed by atoms with Crippen LogP contribution in [0, 0.1) is 5.21 Å². The summed E-state index contributed by atoms with van der Waals surface area (Å²) in [4.78, 5) is 11.3. The Kier molecular flexibility index (Phi) is 3.14. The van der Waals surface area contributed by atoms with Crippen molar-refractivity contribution in [3.05, 3.63) is 27.1 Å². The van der Waals surface area contributed by atoms with Gasteiger partial charge in [-0.3, -0.25) is 0 Å². The summed E-state index contributed by atoms with van der Waals surface area (Å²) in [6.45, 7) is 5.31. The van der Waals surface area contributed by atoms with Crippen molar-refractivity contribution in [3.63, 3.8) is 0 Å². The molecule has 1 rings (SSSR count). The van der Waals surface area contributed by atoms with E-state index in [0.717, 1.165) is 4.74 Å². The van der Waals surface area contributed by atoms with E-state index in [0.29, 0.717) is 4.88 Å². The van der Waals surface area contributed by atoms with Gasteiger partial charge in [-0.05, 0) is 11.4 Å². The summed E-state index contributed by atoms with van der Waals surface area (Å²) in [6.07, 6.45) is 1.33. The molecule has 0 atom stereocenters. The summed E-state index contributed by atoms with van der Waals surface area (Å²) >= 11 is 1.24. The van der Waals surface area contributed by atoms with Crippen LogP contribution in [0.2, 0.25) is 0 Å². The van der Waals surface area contributed by atoms with E-state index in [-0.39, 0.29) is 5.56 Å². The third-order valence-electron chi connectivity index (χ3n) is 1.82. The average Bonchev–Trinajstić information content (AvgIpc) is 2.50. The van der Waals surface area contributed by atoms with Gasteiger partial charge in [0.1, 0.15) is 4.88 Å². The molecule has 0 aliphatic rings. The minimum absolute atomic E-state index is 0.171. The lowest BCUT2D eigenvalue weighted by Crippen LogP contribution is -2.29. The topological polar surface area (TPSA) is 63.4 Å². The van der Waals surface area contributed by atoms with Crippen LogP contribution in [-0.2, 0) is 0 Å². The number of hydrogen-bond donors (Lipinski definition) is 1. The summed E-state index contributed by atoms with van der Waals surface area (Å²) in [7, 11) is 0. The van der Waals surface area contributed by atoms with Gasteiger partial charge in [0.15, 0.2) is 11.8 Å². The molecule has 4 nitrogen and oxygen atoms in total. The summed E-state index contributed by atoms with van der Waals surface area (Å²) in [5, 5.41) is 22.1. The summed E-state index contributed by atoms with van der Waals surface area (Å²) in [5.74, 6) is -1.01. The zero-order chi connectivity index (χ0) is 11.6. The smallest absolute Gasteiger partial charge is 0.337 e. The minimum atomic E-state index is -1.01. The van der Waals surface area contributed by atoms with E-state index in [4.69, 9.17) is 5.11 Å². The van der Waals surface area contributed by atoms with Crippen molar-refractivity contribution in [2.45, 2.75) is 26.3 Å². The highest BCUT2D eigenvalue weighted by molar-refractivity contribution is 7.12. The molecule has 0 aliphatic carbocycles. The first-order valence-corrected chi connectivity index (χ1v) is 5.32. The first-order chi connectivity index (χ1) is 6.82. The predicted octanol–water partition coefficient (Wildman–Crippen LogP) is 2.17. The van der Waals surface area contributed by atoms with E-state index in [1.165, 1.54) is 23.6 Å². The fourth-order valence-electron chi connectivity index (χ4n) is 0.898. The Morgan fingerprint density at radius 2 is 2.20 bits per heavy atom. The number of carbonyl (C=O) groups is 1. The molecule has 0 saturated heterocycles. The molecule has 0 bridgehead atoms. The standard InChI is InChI=1S/C10H13NO3S/c1-10(2,3)11(14)6-8-7(9(12)13)4-5-15-8/h4-6H,1-3H3,(H,12,13). The Bertz CT molecular complexity index is 401. The lowest BCUT2D eigenvalue weighted by atomic mass is 10.1. The van der Waals surface area contributed by atoms with E-state index < -0.39 is 11.5 Å². The molecule has 5 heteroatoms. The van der Waals surface area contributed by atoms with Gasteiger partial charge in [0.25, 0.3) is 0 Å². The highest BCUT2D eigenvalue weighted by atomic mass is 32.1. The van der Waals surface area contributed by atoms with E-state index >= 15 is 0 Å². The molecule has 0 unspecified atom stereocenters. The third kappa shape index (κ3) is 2.79. The highest BCUT2D eigenvalue weighted by Gasteiger charge is 2.20. The molecule has 0 aromatic carbocycles. The molecule has 0 fully saturated rings. The first-order valence-electron chi connectivity index (χ1n) is 4.44. The van der Waals surface area contributed by atoms with Crippen LogP contribution in [0.25, 0.3) is 0 Å². The molecule has 15 heavy (non-hydrogen) atoms. The molecule has 1 aromatic rings. The predicted molar refractivity (Wildman–Crippen MR) is 59.8 cm³/mol. The summed E-state index contributed by atoms with van der Waals surface area (Å²) in [5.41, 5.74) is -0.384. The SMILES string of the molecule is CC(C)(C)[N+]([O-])=Cc1sccc1C(=O)O. The largest absolute Gasteiger partial charge is 0.623 e. The van der Waals surface area contributed by atoms with Crippen LogP contribution < -0.4 is 0 Å². The monoisotopic (exact) mass is 227 g/mol. The lowest BCUT2D eigenvalue weighted by molar-refractivity contribution is -0.530. The van der Waals surface area contributed by atoms with Gasteiger partial charge in [-0.1, -0.05) is 0 Å². The van der Waals surface area contributed by atoms with Crippen molar-refractivity contribution in [1.29, 1.82) is 0 Å². The molecule has 0 spiro atoms. The zero-order valence-corrected chi connectivity index (χ0v) is 9.67. The van der Waals surface area contributed by atoms with Crippen molar-refractivity contribution >= 4 is 23.5 Å². The third-order valence-corrected chi connectivity index (χ3v) is 2.67. The van der Waals surface area contributed by atoms with Gasteiger partial charge in [0.2, 0.25) is 0 Å². The van der Waals surface area contributed by atoms with Crippen LogP contribution in [0.15, 0.2) is 11.4 Å². The van der Waals surface area contributed by atoms with Crippen molar-refractivity contribution < 1.29 is 14.6 Å². The number of rotatable bonds is 2. The normalized spacial score (nSPS) is 12.9. The second-order valence-electron chi connectivity index (χ2n) is 4.13. The van der Waals surface area contributed by atoms with Crippen LogP contribution in [0.4, 0.5) is 0 Å². The van der Waals surface area contributed by atoms with E-state index in [1.807, 2.05) is 0 Å². The van der Waals surface area contributed by atoms with Gasteiger partial charge in [-0.2, -0.15) is 0 Å². The molecular formula is C10H13NO3S. The average molecular weight is 227 g/mol. The Labute approximate surface area is 92.1 Å². The fraction of sp³-hybridized carbons (Fsp3) is 0.400. The molecule has 0 amide bonds. The summed E-state index contributed by atoms with van der Waals surface area (Å²) < 4.78 is 0.769. The van der Waals surface area contributed by atoms with Crippen LogP contribution >= 0.6 is 11.3 Å². The van der Waals surface area contributed by atoms with E-state index in [2.05, 4.69) is 0 Å². The zero-order valence-electron chi connectivity index (χ0n) is 8.85. The minimum Gasteiger partial charge on any atom is -0.623 e. The molecule has 0 radical (unpaired) electrons. The second kappa shape index (κ2) is 4.02. The maximum Gasteiger partial charge on any atom is 0.337 e. The van der Waals surface area contributed by atoms with Gasteiger partial charge >= 0.3 is 5.97 Å². The molecule has 0 saturated carbocycles. The molecular weight excluding hydrogens is 214 g/mol. The Balaban J connectivity index is 3.09. The lowest BCUT2D eigenvalue weighted by Gasteiger charge is -2.18. The molecule has 0 aliphatic heterocycles. The Morgan fingerprint density at radius 1 is 1.60 bits per heavy atom. The van der Waals surface area contributed by atoms with Crippen LogP contribution in [-0.4, -0.2) is 27.6 Å². The van der Waals surface area contributed by atoms with Gasteiger partial charge in [-0.15, -0.1) is 11.3 Å². The number of carboxylic acids is 1. The van der Waals surface area contributed by atoms with E-state index in [1.54, 1.807) is 26.2 Å². The van der Waals surface area contributed by atoms with Crippen molar-refractivity contribution in [2.75, 3.05) is 0 Å². The maximum absolute atomic E-state index is 11.6. The number of carboxylic acid groups (broad SMARTS) is 1. The fourth-order valence-corrected chi connectivity index (χ4v) is 1.69. The number of hydroxylamine groups is 1. The quantitative estimate of drug-likeness (QED) is 0.364. The van der Waals surface area contributed by atoms with Gasteiger partial charge in [0.05, 0.1) is 5.56 Å². The second-order valence-corrected chi connectivity index (χ2v) is 5.08. The molecule has 82 valence electrons. The highest BCUT2D eigenvalue weighted by Crippen LogP contribution is 2.15. The van der Waals surface area contributed by atoms with Crippen LogP contribution in [0.5, 0.6) is 0 Å². The van der Waals surface area contributed by atoms with Gasteiger partial charge in [0, 0.05) is 20.8 Å². The molecule has 1 heterocycles. The Hall–Kier alpha value is -1.36. The van der Waals surface area contributed by atoms with Gasteiger partial charge in [-0.25, -0.2) is 9.53 Å². The Morgan fingerprint density at radius 3 is 2.67 bits per heavy atom. The van der Waals surface area contributed by atoms with E-state index in [9.17, 15) is 10.0 Å². The number of thiophene rings is 1. The van der Waals surface area contributed by atoms with Crippen LogP contribution in [0.1, 0.15) is 36.0 Å². The van der Waals surface area contributed by atoms with Crippen LogP contribution in [0.3, 0.4) is 0 Å².